The van der Waals surface area contributed by atoms with E-state index in [9.17, 15) is 4.39 Å². The molecule has 4 rings (SSSR count). The minimum Gasteiger partial charge on any atom is -0.380 e. The Labute approximate surface area is 130 Å². The highest BCUT2D eigenvalue weighted by Gasteiger charge is 2.43. The summed E-state index contributed by atoms with van der Waals surface area (Å²) in [4.78, 5) is 4.56. The van der Waals surface area contributed by atoms with Crippen LogP contribution in [0.25, 0.3) is 11.5 Å². The third kappa shape index (κ3) is 2.15. The lowest BCUT2D eigenvalue weighted by Gasteiger charge is -2.23. The number of rotatable bonds is 3. The molecule has 1 aromatic carbocycles. The summed E-state index contributed by atoms with van der Waals surface area (Å²) in [7, 11) is 0. The SMILES string of the molecule is Fc1ccc(C2(c3noc(-c4ccsc4)n3)CCOC2)cc1. The third-order valence-corrected chi connectivity index (χ3v) is 4.72. The summed E-state index contributed by atoms with van der Waals surface area (Å²) in [6, 6.07) is 8.39. The van der Waals surface area contributed by atoms with E-state index in [4.69, 9.17) is 9.26 Å². The van der Waals surface area contributed by atoms with Gasteiger partial charge in [0, 0.05) is 12.0 Å². The molecular weight excluding hydrogens is 303 g/mol. The van der Waals surface area contributed by atoms with Crippen molar-refractivity contribution in [2.24, 2.45) is 0 Å². The smallest absolute Gasteiger partial charge is 0.258 e. The van der Waals surface area contributed by atoms with Crippen LogP contribution in [-0.2, 0) is 10.2 Å². The summed E-state index contributed by atoms with van der Waals surface area (Å²) in [5.74, 6) is 0.840. The van der Waals surface area contributed by atoms with Crippen LogP contribution >= 0.6 is 11.3 Å². The topological polar surface area (TPSA) is 48.2 Å². The van der Waals surface area contributed by atoms with Gasteiger partial charge >= 0.3 is 0 Å². The zero-order valence-corrected chi connectivity index (χ0v) is 12.5. The number of ether oxygens (including phenoxy) is 1. The summed E-state index contributed by atoms with van der Waals surface area (Å²) in [5, 5.41) is 8.10. The maximum Gasteiger partial charge on any atom is 0.258 e. The van der Waals surface area contributed by atoms with Crippen molar-refractivity contribution in [2.45, 2.75) is 11.8 Å². The van der Waals surface area contributed by atoms with Crippen molar-refractivity contribution in [2.75, 3.05) is 13.2 Å². The monoisotopic (exact) mass is 316 g/mol. The highest BCUT2D eigenvalue weighted by Crippen LogP contribution is 2.39. The predicted molar refractivity (Wildman–Crippen MR) is 80.2 cm³/mol. The van der Waals surface area contributed by atoms with E-state index < -0.39 is 5.41 Å². The molecule has 3 aromatic rings. The van der Waals surface area contributed by atoms with Crippen molar-refractivity contribution in [3.8, 4) is 11.5 Å². The van der Waals surface area contributed by atoms with Crippen LogP contribution in [0.4, 0.5) is 4.39 Å². The molecule has 0 N–H and O–H groups in total. The van der Waals surface area contributed by atoms with Gasteiger partial charge in [-0.2, -0.15) is 16.3 Å². The third-order valence-electron chi connectivity index (χ3n) is 4.04. The van der Waals surface area contributed by atoms with Gasteiger partial charge in [-0.05, 0) is 35.6 Å². The van der Waals surface area contributed by atoms with Gasteiger partial charge in [-0.15, -0.1) is 0 Å². The molecule has 22 heavy (non-hydrogen) atoms. The number of hydrogen-bond acceptors (Lipinski definition) is 5. The summed E-state index contributed by atoms with van der Waals surface area (Å²) < 4.78 is 24.2. The van der Waals surface area contributed by atoms with Gasteiger partial charge < -0.3 is 9.26 Å². The van der Waals surface area contributed by atoms with Crippen molar-refractivity contribution in [3.05, 3.63) is 58.3 Å². The molecule has 2 aromatic heterocycles. The normalized spacial score (nSPS) is 21.3. The van der Waals surface area contributed by atoms with E-state index in [1.165, 1.54) is 12.1 Å². The Hall–Kier alpha value is -2.05. The first-order chi connectivity index (χ1) is 10.8. The van der Waals surface area contributed by atoms with E-state index in [0.29, 0.717) is 24.9 Å². The number of nitrogens with zero attached hydrogens (tertiary/aromatic N) is 2. The molecule has 1 saturated heterocycles. The highest BCUT2D eigenvalue weighted by molar-refractivity contribution is 7.08. The van der Waals surface area contributed by atoms with Crippen LogP contribution in [0, 0.1) is 5.82 Å². The van der Waals surface area contributed by atoms with E-state index in [1.807, 2.05) is 16.8 Å². The van der Waals surface area contributed by atoms with Crippen molar-refractivity contribution in [1.29, 1.82) is 0 Å². The molecule has 0 amide bonds. The zero-order chi connectivity index (χ0) is 15.0. The van der Waals surface area contributed by atoms with Crippen LogP contribution in [0.1, 0.15) is 17.8 Å². The molecule has 1 fully saturated rings. The molecule has 0 spiro atoms. The molecule has 1 unspecified atom stereocenters. The number of halogens is 1. The van der Waals surface area contributed by atoms with Gasteiger partial charge in [-0.25, -0.2) is 4.39 Å². The van der Waals surface area contributed by atoms with Crippen molar-refractivity contribution in [3.63, 3.8) is 0 Å². The second-order valence-electron chi connectivity index (χ2n) is 5.33. The van der Waals surface area contributed by atoms with Crippen LogP contribution in [0.15, 0.2) is 45.6 Å². The lowest BCUT2D eigenvalue weighted by Crippen LogP contribution is -2.29. The molecule has 1 aliphatic rings. The first kappa shape index (κ1) is 13.6. The van der Waals surface area contributed by atoms with Crippen LogP contribution in [0.3, 0.4) is 0 Å². The lowest BCUT2D eigenvalue weighted by atomic mass is 9.79. The van der Waals surface area contributed by atoms with Crippen molar-refractivity contribution < 1.29 is 13.7 Å². The number of aromatic nitrogens is 2. The molecule has 3 heterocycles. The van der Waals surface area contributed by atoms with E-state index >= 15 is 0 Å². The Bertz CT molecular complexity index is 762. The molecule has 112 valence electrons. The number of benzene rings is 1. The first-order valence-electron chi connectivity index (χ1n) is 6.98. The predicted octanol–water partition coefficient (Wildman–Crippen LogP) is 3.64. The zero-order valence-electron chi connectivity index (χ0n) is 11.7. The summed E-state index contributed by atoms with van der Waals surface area (Å²) >= 11 is 1.58. The Kier molecular flexibility index (Phi) is 3.28. The van der Waals surface area contributed by atoms with Gasteiger partial charge in [0.25, 0.3) is 5.89 Å². The van der Waals surface area contributed by atoms with E-state index in [2.05, 4.69) is 10.1 Å². The largest absolute Gasteiger partial charge is 0.380 e. The molecule has 0 aliphatic carbocycles. The molecular formula is C16H13FN2O2S. The van der Waals surface area contributed by atoms with Crippen LogP contribution in [0.2, 0.25) is 0 Å². The van der Waals surface area contributed by atoms with Gasteiger partial charge in [0.15, 0.2) is 5.82 Å². The van der Waals surface area contributed by atoms with Crippen LogP contribution in [0.5, 0.6) is 0 Å². The van der Waals surface area contributed by atoms with Gasteiger partial charge in [-0.1, -0.05) is 17.3 Å². The molecule has 4 nitrogen and oxygen atoms in total. The second-order valence-corrected chi connectivity index (χ2v) is 6.11. The van der Waals surface area contributed by atoms with Crippen molar-refractivity contribution in [1.82, 2.24) is 10.1 Å². The fourth-order valence-corrected chi connectivity index (χ4v) is 3.42. The lowest BCUT2D eigenvalue weighted by molar-refractivity contribution is 0.182. The van der Waals surface area contributed by atoms with Gasteiger partial charge in [-0.3, -0.25) is 0 Å². The Morgan fingerprint density at radius 1 is 1.18 bits per heavy atom. The van der Waals surface area contributed by atoms with Gasteiger partial charge in [0.2, 0.25) is 0 Å². The molecule has 1 atom stereocenters. The van der Waals surface area contributed by atoms with E-state index in [0.717, 1.165) is 17.5 Å². The quantitative estimate of drug-likeness (QED) is 0.740. The average molecular weight is 316 g/mol. The molecule has 0 bridgehead atoms. The second kappa shape index (κ2) is 5.30. The van der Waals surface area contributed by atoms with Crippen molar-refractivity contribution >= 4 is 11.3 Å². The van der Waals surface area contributed by atoms with Crippen LogP contribution in [-0.4, -0.2) is 23.4 Å². The highest BCUT2D eigenvalue weighted by atomic mass is 32.1. The standard InChI is InChI=1S/C16H13FN2O2S/c17-13-3-1-12(2-4-13)16(6-7-20-10-16)15-18-14(21-19-15)11-5-8-22-9-11/h1-5,8-9H,6-7,10H2. The summed E-state index contributed by atoms with van der Waals surface area (Å²) in [5.41, 5.74) is 1.40. The fraction of sp³-hybridized carbons (Fsp3) is 0.250. The number of hydrogen-bond donors (Lipinski definition) is 0. The maximum absolute atomic E-state index is 13.2. The van der Waals surface area contributed by atoms with Gasteiger partial charge in [0.05, 0.1) is 17.6 Å². The summed E-state index contributed by atoms with van der Waals surface area (Å²) in [6.07, 6.45) is 0.751. The van der Waals surface area contributed by atoms with Crippen LogP contribution < -0.4 is 0 Å². The maximum atomic E-state index is 13.2. The first-order valence-corrected chi connectivity index (χ1v) is 7.93. The van der Waals surface area contributed by atoms with Gasteiger partial charge in [0.1, 0.15) is 5.82 Å². The Balaban J connectivity index is 1.78. The molecule has 0 radical (unpaired) electrons. The van der Waals surface area contributed by atoms with E-state index in [1.54, 1.807) is 23.5 Å². The minimum absolute atomic E-state index is 0.259. The average Bonchev–Trinajstić information content (AvgIpc) is 3.28. The Morgan fingerprint density at radius 3 is 2.73 bits per heavy atom. The number of thiophene rings is 1. The molecule has 1 aliphatic heterocycles. The Morgan fingerprint density at radius 2 is 2.05 bits per heavy atom. The molecule has 0 saturated carbocycles. The molecule has 6 heteroatoms. The minimum atomic E-state index is -0.467. The fourth-order valence-electron chi connectivity index (χ4n) is 2.79. The summed E-state index contributed by atoms with van der Waals surface area (Å²) in [6.45, 7) is 1.10. The van der Waals surface area contributed by atoms with E-state index in [-0.39, 0.29) is 5.82 Å².